The Balaban J connectivity index is 2.12. The van der Waals surface area contributed by atoms with Crippen LogP contribution < -0.4 is 0 Å². The lowest BCUT2D eigenvalue weighted by Gasteiger charge is -2.23. The topological polar surface area (TPSA) is 59.4 Å². The fourth-order valence-electron chi connectivity index (χ4n) is 2.94. The Hall–Kier alpha value is -2.11. The summed E-state index contributed by atoms with van der Waals surface area (Å²) in [5.41, 5.74) is 3.03. The van der Waals surface area contributed by atoms with Crippen LogP contribution in [0, 0.1) is 0 Å². The van der Waals surface area contributed by atoms with Crippen LogP contribution in [0.15, 0.2) is 30.3 Å². The summed E-state index contributed by atoms with van der Waals surface area (Å²) in [6, 6.07) is 9.46. The van der Waals surface area contributed by atoms with E-state index in [9.17, 15) is 9.90 Å². The minimum Gasteiger partial charge on any atom is -0.507 e. The Morgan fingerprint density at radius 1 is 1.26 bits per heavy atom. The molecule has 2 aromatic carbocycles. The molecule has 1 N–H and O–H groups in total. The number of esters is 1. The first-order valence-electron chi connectivity index (χ1n) is 8.68. The number of ether oxygens (including phenoxy) is 1. The van der Waals surface area contributed by atoms with Gasteiger partial charge in [-0.15, -0.1) is 11.3 Å². The quantitative estimate of drug-likeness (QED) is 0.565. The van der Waals surface area contributed by atoms with Crippen molar-refractivity contribution in [3.05, 3.63) is 46.5 Å². The van der Waals surface area contributed by atoms with Gasteiger partial charge in [-0.3, -0.25) is 4.79 Å². The van der Waals surface area contributed by atoms with Crippen LogP contribution in [0.3, 0.4) is 0 Å². The molecule has 3 rings (SSSR count). The first kappa shape index (κ1) is 19.6. The third-order valence-electron chi connectivity index (χ3n) is 4.40. The lowest BCUT2D eigenvalue weighted by Crippen LogP contribution is -2.13. The highest BCUT2D eigenvalue weighted by Gasteiger charge is 2.23. The van der Waals surface area contributed by atoms with Crippen LogP contribution in [-0.4, -0.2) is 23.2 Å². The predicted octanol–water partition coefficient (Wildman–Crippen LogP) is 5.73. The number of methoxy groups -OCH3 is 1. The molecular weight excluding hydrogens is 382 g/mol. The van der Waals surface area contributed by atoms with Gasteiger partial charge in [0.15, 0.2) is 0 Å². The first-order chi connectivity index (χ1) is 12.7. The number of thiazole rings is 1. The van der Waals surface area contributed by atoms with Crippen LogP contribution in [0.25, 0.3) is 20.8 Å². The summed E-state index contributed by atoms with van der Waals surface area (Å²) >= 11 is 7.58. The van der Waals surface area contributed by atoms with E-state index in [1.54, 1.807) is 0 Å². The number of fused-ring (bicyclic) bond motifs is 1. The normalized spacial score (nSPS) is 11.7. The summed E-state index contributed by atoms with van der Waals surface area (Å²) in [7, 11) is 1.39. The summed E-state index contributed by atoms with van der Waals surface area (Å²) in [6.07, 6.45) is 0.833. The third kappa shape index (κ3) is 4.25. The van der Waals surface area contributed by atoms with Gasteiger partial charge in [-0.05, 0) is 41.7 Å². The van der Waals surface area contributed by atoms with Gasteiger partial charge in [-0.25, -0.2) is 4.98 Å². The SMILES string of the molecule is COC(=O)CCc1cc(-c2nc3cc(Cl)ccc3s2)c(O)c(C(C)(C)C)c1. The second-order valence-corrected chi connectivity index (χ2v) is 8.96. The Morgan fingerprint density at radius 3 is 2.67 bits per heavy atom. The molecule has 0 amide bonds. The number of aryl methyl sites for hydroxylation is 1. The van der Waals surface area contributed by atoms with E-state index >= 15 is 0 Å². The molecule has 4 nitrogen and oxygen atoms in total. The van der Waals surface area contributed by atoms with Gasteiger partial charge in [-0.1, -0.05) is 38.4 Å². The van der Waals surface area contributed by atoms with Gasteiger partial charge in [0.05, 0.1) is 22.9 Å². The van der Waals surface area contributed by atoms with E-state index < -0.39 is 0 Å². The number of phenolic OH excluding ortho intramolecular Hbond substituents is 1. The number of phenols is 1. The van der Waals surface area contributed by atoms with Gasteiger partial charge >= 0.3 is 5.97 Å². The molecule has 6 heteroatoms. The highest BCUT2D eigenvalue weighted by atomic mass is 35.5. The van der Waals surface area contributed by atoms with Crippen LogP contribution in [0.5, 0.6) is 5.75 Å². The van der Waals surface area contributed by atoms with E-state index in [-0.39, 0.29) is 17.1 Å². The van der Waals surface area contributed by atoms with Crippen molar-refractivity contribution in [1.82, 2.24) is 4.98 Å². The van der Waals surface area contributed by atoms with Crippen LogP contribution in [0.4, 0.5) is 0 Å². The van der Waals surface area contributed by atoms with E-state index in [1.165, 1.54) is 18.4 Å². The number of rotatable bonds is 4. The van der Waals surface area contributed by atoms with Crippen LogP contribution in [0.2, 0.25) is 5.02 Å². The second-order valence-electron chi connectivity index (χ2n) is 7.50. The van der Waals surface area contributed by atoms with Crippen LogP contribution >= 0.6 is 22.9 Å². The highest BCUT2D eigenvalue weighted by molar-refractivity contribution is 7.21. The maximum Gasteiger partial charge on any atom is 0.305 e. The number of carbonyl (C=O) groups is 1. The fourth-order valence-corrected chi connectivity index (χ4v) is 4.07. The van der Waals surface area contributed by atoms with E-state index in [4.69, 9.17) is 16.3 Å². The minimum atomic E-state index is -0.253. The van der Waals surface area contributed by atoms with E-state index in [1.807, 2.05) is 51.1 Å². The maximum atomic E-state index is 11.5. The standard InChI is InChI=1S/C21H22ClNO3S/c1-21(2,3)15-10-12(5-8-18(24)26-4)9-14(19(15)25)20-23-16-11-13(22)6-7-17(16)27-20/h6-7,9-11,25H,5,8H2,1-4H3. The van der Waals surface area contributed by atoms with Gasteiger partial charge in [-0.2, -0.15) is 0 Å². The molecule has 0 bridgehead atoms. The molecule has 0 fully saturated rings. The molecule has 0 radical (unpaired) electrons. The highest BCUT2D eigenvalue weighted by Crippen LogP contribution is 2.42. The number of halogens is 1. The molecule has 0 atom stereocenters. The summed E-state index contributed by atoms with van der Waals surface area (Å²) < 4.78 is 5.75. The molecule has 0 saturated carbocycles. The number of nitrogens with zero attached hydrogens (tertiary/aromatic N) is 1. The van der Waals surface area contributed by atoms with Crippen molar-refractivity contribution in [3.8, 4) is 16.3 Å². The summed E-state index contributed by atoms with van der Waals surface area (Å²) in [4.78, 5) is 16.2. The number of benzene rings is 2. The number of carbonyl (C=O) groups excluding carboxylic acids is 1. The van der Waals surface area contributed by atoms with Gasteiger partial charge in [0, 0.05) is 17.0 Å². The third-order valence-corrected chi connectivity index (χ3v) is 5.71. The van der Waals surface area contributed by atoms with Crippen LogP contribution in [-0.2, 0) is 21.4 Å². The van der Waals surface area contributed by atoms with Crippen molar-refractivity contribution in [2.24, 2.45) is 0 Å². The zero-order valence-electron chi connectivity index (χ0n) is 15.8. The molecule has 0 spiro atoms. The smallest absolute Gasteiger partial charge is 0.305 e. The minimum absolute atomic E-state index is 0.231. The molecular formula is C21H22ClNO3S. The van der Waals surface area contributed by atoms with Crippen molar-refractivity contribution in [1.29, 1.82) is 0 Å². The van der Waals surface area contributed by atoms with Crippen molar-refractivity contribution in [2.75, 3.05) is 7.11 Å². The number of hydrogen-bond donors (Lipinski definition) is 1. The average Bonchev–Trinajstić information content (AvgIpc) is 3.02. The molecule has 0 saturated heterocycles. The molecule has 142 valence electrons. The summed E-state index contributed by atoms with van der Waals surface area (Å²) in [5, 5.41) is 12.3. The van der Waals surface area contributed by atoms with Gasteiger partial charge in [0.25, 0.3) is 0 Å². The summed E-state index contributed by atoms with van der Waals surface area (Å²) in [5.74, 6) is -0.0222. The predicted molar refractivity (Wildman–Crippen MR) is 111 cm³/mol. The molecule has 1 aromatic heterocycles. The Bertz CT molecular complexity index is 1000. The zero-order valence-corrected chi connectivity index (χ0v) is 17.4. The first-order valence-corrected chi connectivity index (χ1v) is 9.88. The average molecular weight is 404 g/mol. The monoisotopic (exact) mass is 403 g/mol. The lowest BCUT2D eigenvalue weighted by atomic mass is 9.83. The van der Waals surface area contributed by atoms with Crippen molar-refractivity contribution in [2.45, 2.75) is 39.0 Å². The molecule has 3 aromatic rings. The molecule has 0 unspecified atom stereocenters. The van der Waals surface area contributed by atoms with E-state index in [0.29, 0.717) is 23.4 Å². The number of aromatic nitrogens is 1. The number of aromatic hydroxyl groups is 1. The molecule has 0 aliphatic rings. The van der Waals surface area contributed by atoms with Crippen LogP contribution in [0.1, 0.15) is 38.3 Å². The zero-order chi connectivity index (χ0) is 19.8. The summed E-state index contributed by atoms with van der Waals surface area (Å²) in [6.45, 7) is 6.15. The molecule has 1 heterocycles. The Morgan fingerprint density at radius 2 is 2.00 bits per heavy atom. The second kappa shape index (κ2) is 7.49. The fraction of sp³-hybridized carbons (Fsp3) is 0.333. The Kier molecular flexibility index (Phi) is 5.45. The number of hydrogen-bond acceptors (Lipinski definition) is 5. The largest absolute Gasteiger partial charge is 0.507 e. The molecule has 0 aliphatic carbocycles. The van der Waals surface area contributed by atoms with Gasteiger partial charge < -0.3 is 9.84 Å². The van der Waals surface area contributed by atoms with Crippen molar-refractivity contribution >= 4 is 39.1 Å². The van der Waals surface area contributed by atoms with Gasteiger partial charge in [0.1, 0.15) is 10.8 Å². The van der Waals surface area contributed by atoms with E-state index in [0.717, 1.165) is 26.4 Å². The van der Waals surface area contributed by atoms with E-state index in [2.05, 4.69) is 4.98 Å². The Labute approximate surface area is 167 Å². The lowest BCUT2D eigenvalue weighted by molar-refractivity contribution is -0.140. The van der Waals surface area contributed by atoms with Crippen molar-refractivity contribution < 1.29 is 14.6 Å². The maximum absolute atomic E-state index is 11.5. The molecule has 0 aliphatic heterocycles. The van der Waals surface area contributed by atoms with Crippen molar-refractivity contribution in [3.63, 3.8) is 0 Å². The molecule has 27 heavy (non-hydrogen) atoms. The van der Waals surface area contributed by atoms with Gasteiger partial charge in [0.2, 0.25) is 0 Å².